The molecule has 2 fully saturated rings. The summed E-state index contributed by atoms with van der Waals surface area (Å²) in [7, 11) is 0. The standard InChI is InChI=1S/C26H27N9O2/c1-16-22(5-4-19(30-16)25(36)31-18-2-3-18)34-10-8-33(9-11-34)14-17-12-20-23-21(13-17)32-26(37)35(7-6-27)24(23)29-15-28-20/h4-5,12-13,15,18H,2-3,7-11,14H2,1H3,(H,31,36)(H,32,37). The van der Waals surface area contributed by atoms with Crippen LogP contribution in [-0.4, -0.2) is 70.6 Å². The van der Waals surface area contributed by atoms with Crippen LogP contribution in [0.1, 0.15) is 34.6 Å². The minimum atomic E-state index is -0.361. The van der Waals surface area contributed by atoms with Crippen molar-refractivity contribution in [2.75, 3.05) is 47.8 Å². The van der Waals surface area contributed by atoms with E-state index in [0.29, 0.717) is 23.2 Å². The number of rotatable bonds is 6. The Hall–Kier alpha value is -4.30. The third-order valence-corrected chi connectivity index (χ3v) is 7.07. The first-order valence-corrected chi connectivity index (χ1v) is 12.5. The van der Waals surface area contributed by atoms with E-state index in [1.165, 1.54) is 11.2 Å². The van der Waals surface area contributed by atoms with Gasteiger partial charge in [-0.1, -0.05) is 0 Å². The van der Waals surface area contributed by atoms with E-state index in [-0.39, 0.29) is 18.5 Å². The molecular formula is C26H27N9O2. The zero-order chi connectivity index (χ0) is 25.5. The highest BCUT2D eigenvalue weighted by molar-refractivity contribution is 6.17. The Morgan fingerprint density at radius 3 is 2.73 bits per heavy atom. The Bertz CT molecular complexity index is 1440. The maximum Gasteiger partial charge on any atom is 0.328 e. The van der Waals surface area contributed by atoms with Crippen molar-refractivity contribution < 1.29 is 9.59 Å². The van der Waals surface area contributed by atoms with Gasteiger partial charge in [0, 0.05) is 38.8 Å². The van der Waals surface area contributed by atoms with Crippen LogP contribution in [-0.2, 0) is 6.54 Å². The van der Waals surface area contributed by atoms with E-state index in [9.17, 15) is 9.59 Å². The van der Waals surface area contributed by atoms with Crippen molar-refractivity contribution in [1.82, 2.24) is 25.2 Å². The van der Waals surface area contributed by atoms with Crippen molar-refractivity contribution in [3.63, 3.8) is 0 Å². The van der Waals surface area contributed by atoms with Crippen LogP contribution in [0.3, 0.4) is 0 Å². The van der Waals surface area contributed by atoms with Gasteiger partial charge in [-0.2, -0.15) is 5.26 Å². The molecule has 0 unspecified atom stereocenters. The number of anilines is 3. The van der Waals surface area contributed by atoms with Crippen LogP contribution in [0.25, 0.3) is 10.9 Å². The number of nitrogens with one attached hydrogen (secondary N) is 2. The van der Waals surface area contributed by atoms with E-state index < -0.39 is 0 Å². The van der Waals surface area contributed by atoms with Gasteiger partial charge in [0.05, 0.1) is 34.0 Å². The molecule has 0 spiro atoms. The first kappa shape index (κ1) is 23.1. The largest absolute Gasteiger partial charge is 0.368 e. The van der Waals surface area contributed by atoms with E-state index in [1.807, 2.05) is 37.3 Å². The molecule has 3 amide bonds. The summed E-state index contributed by atoms with van der Waals surface area (Å²) < 4.78 is 0. The molecule has 0 bridgehead atoms. The Morgan fingerprint density at radius 2 is 2.00 bits per heavy atom. The van der Waals surface area contributed by atoms with Gasteiger partial charge in [-0.3, -0.25) is 14.6 Å². The molecular weight excluding hydrogens is 470 g/mol. The van der Waals surface area contributed by atoms with Crippen molar-refractivity contribution in [2.45, 2.75) is 32.4 Å². The summed E-state index contributed by atoms with van der Waals surface area (Å²) in [6, 6.07) is 9.79. The minimum Gasteiger partial charge on any atom is -0.368 e. The lowest BCUT2D eigenvalue weighted by Crippen LogP contribution is -2.46. The van der Waals surface area contributed by atoms with Crippen LogP contribution in [0, 0.1) is 18.3 Å². The second kappa shape index (κ2) is 9.29. The maximum atomic E-state index is 12.6. The number of nitrogens with zero attached hydrogens (tertiary/aromatic N) is 7. The topological polar surface area (TPSA) is 130 Å². The normalized spacial score (nSPS) is 17.5. The lowest BCUT2D eigenvalue weighted by Gasteiger charge is -2.36. The average molecular weight is 498 g/mol. The SMILES string of the molecule is Cc1nc(C(=O)NC2CC2)ccc1N1CCN(Cc2cc3c4c(ncnc4c2)N(CC#N)C(=O)N3)CC1. The smallest absolute Gasteiger partial charge is 0.328 e. The molecule has 11 nitrogen and oxygen atoms in total. The molecule has 0 atom stereocenters. The number of nitriles is 1. The van der Waals surface area contributed by atoms with Crippen LogP contribution in [0.15, 0.2) is 30.6 Å². The molecule has 2 aromatic heterocycles. The van der Waals surface area contributed by atoms with Crippen LogP contribution < -0.4 is 20.4 Å². The highest BCUT2D eigenvalue weighted by atomic mass is 16.2. The molecule has 1 aliphatic carbocycles. The third kappa shape index (κ3) is 4.51. The number of aryl methyl sites for hydroxylation is 1. The van der Waals surface area contributed by atoms with Gasteiger partial charge in [0.25, 0.3) is 5.91 Å². The highest BCUT2D eigenvalue weighted by Crippen LogP contribution is 2.35. The molecule has 2 aliphatic heterocycles. The number of urea groups is 1. The van der Waals surface area contributed by atoms with Crippen LogP contribution in [0.5, 0.6) is 0 Å². The molecule has 0 radical (unpaired) electrons. The van der Waals surface area contributed by atoms with E-state index in [1.54, 1.807) is 0 Å². The summed E-state index contributed by atoms with van der Waals surface area (Å²) in [5.41, 5.74) is 4.87. The third-order valence-electron chi connectivity index (χ3n) is 7.07. The van der Waals surface area contributed by atoms with Gasteiger partial charge in [-0.25, -0.2) is 19.7 Å². The summed E-state index contributed by atoms with van der Waals surface area (Å²) in [5, 5.41) is 15.7. The van der Waals surface area contributed by atoms with Crippen molar-refractivity contribution in [1.29, 1.82) is 5.26 Å². The van der Waals surface area contributed by atoms with E-state index >= 15 is 0 Å². The molecule has 3 aliphatic rings. The Kier molecular flexibility index (Phi) is 5.81. The number of amides is 3. The number of piperazine rings is 1. The highest BCUT2D eigenvalue weighted by Gasteiger charge is 2.28. The maximum absolute atomic E-state index is 12.6. The Balaban J connectivity index is 1.13. The van der Waals surface area contributed by atoms with Gasteiger partial charge in [-0.15, -0.1) is 0 Å². The number of hydrogen-bond donors (Lipinski definition) is 2. The molecule has 2 N–H and O–H groups in total. The van der Waals surface area contributed by atoms with Gasteiger partial charge in [0.15, 0.2) is 5.82 Å². The van der Waals surface area contributed by atoms with Gasteiger partial charge in [0.2, 0.25) is 0 Å². The number of carbonyl (C=O) groups excluding carboxylic acids is 2. The molecule has 3 aromatic rings. The van der Waals surface area contributed by atoms with Gasteiger partial charge in [0.1, 0.15) is 18.6 Å². The first-order valence-electron chi connectivity index (χ1n) is 12.5. The summed E-state index contributed by atoms with van der Waals surface area (Å²) in [6.07, 6.45) is 3.54. The molecule has 1 aromatic carbocycles. The molecule has 188 valence electrons. The summed E-state index contributed by atoms with van der Waals surface area (Å²) in [4.78, 5) is 44.2. The Morgan fingerprint density at radius 1 is 1.19 bits per heavy atom. The lowest BCUT2D eigenvalue weighted by atomic mass is 10.1. The summed E-state index contributed by atoms with van der Waals surface area (Å²) in [5.74, 6) is 0.369. The van der Waals surface area contributed by atoms with Crippen LogP contribution in [0.4, 0.5) is 22.0 Å². The zero-order valence-electron chi connectivity index (χ0n) is 20.6. The molecule has 6 rings (SSSR count). The molecule has 1 saturated carbocycles. The van der Waals surface area contributed by atoms with Crippen LogP contribution in [0.2, 0.25) is 0 Å². The predicted octanol–water partition coefficient (Wildman–Crippen LogP) is 2.42. The summed E-state index contributed by atoms with van der Waals surface area (Å²) >= 11 is 0. The van der Waals surface area contributed by atoms with Crippen molar-refractivity contribution in [3.8, 4) is 6.07 Å². The van der Waals surface area contributed by atoms with E-state index in [2.05, 4.69) is 35.4 Å². The van der Waals surface area contributed by atoms with E-state index in [4.69, 9.17) is 5.26 Å². The number of benzene rings is 1. The molecule has 37 heavy (non-hydrogen) atoms. The van der Waals surface area contributed by atoms with Crippen LogP contribution >= 0.6 is 0 Å². The lowest BCUT2D eigenvalue weighted by molar-refractivity contribution is 0.0946. The minimum absolute atomic E-state index is 0.0746. The quantitative estimate of drug-likeness (QED) is 0.497. The van der Waals surface area contributed by atoms with E-state index in [0.717, 1.165) is 73.4 Å². The monoisotopic (exact) mass is 497 g/mol. The number of pyridine rings is 1. The fourth-order valence-corrected chi connectivity index (χ4v) is 5.03. The molecule has 11 heteroatoms. The van der Waals surface area contributed by atoms with Gasteiger partial charge < -0.3 is 15.5 Å². The average Bonchev–Trinajstić information content (AvgIpc) is 3.71. The fourth-order valence-electron chi connectivity index (χ4n) is 5.03. The summed E-state index contributed by atoms with van der Waals surface area (Å²) in [6.45, 7) is 6.05. The number of carbonyl (C=O) groups is 2. The van der Waals surface area contributed by atoms with Gasteiger partial charge in [-0.05, 0) is 49.6 Å². The zero-order valence-corrected chi connectivity index (χ0v) is 20.6. The molecule has 4 heterocycles. The second-order valence-electron chi connectivity index (χ2n) is 9.72. The van der Waals surface area contributed by atoms with Crippen molar-refractivity contribution in [3.05, 3.63) is 47.5 Å². The van der Waals surface area contributed by atoms with Crippen molar-refractivity contribution in [2.24, 2.45) is 0 Å². The van der Waals surface area contributed by atoms with Crippen molar-refractivity contribution >= 4 is 40.0 Å². The second-order valence-corrected chi connectivity index (χ2v) is 9.72. The number of hydrogen-bond acceptors (Lipinski definition) is 8. The first-order chi connectivity index (χ1) is 18.0. The predicted molar refractivity (Wildman–Crippen MR) is 138 cm³/mol. The fraction of sp³-hybridized carbons (Fsp3) is 0.385. The number of aromatic nitrogens is 3. The molecule has 1 saturated heterocycles. The van der Waals surface area contributed by atoms with Gasteiger partial charge >= 0.3 is 6.03 Å². The Labute approximate surface area is 214 Å².